The number of benzene rings is 2. The molecule has 0 saturated heterocycles. The Balaban J connectivity index is 2.04. The highest BCUT2D eigenvalue weighted by Crippen LogP contribution is 2.11. The fourth-order valence-electron chi connectivity index (χ4n) is 1.69. The number of nitrogens with zero attached hydrogens (tertiary/aromatic N) is 1. The van der Waals surface area contributed by atoms with Gasteiger partial charge in [-0.25, -0.2) is 5.43 Å². The smallest absolute Gasteiger partial charge is 0.271 e. The van der Waals surface area contributed by atoms with E-state index < -0.39 is 0 Å². The predicted octanol–water partition coefficient (Wildman–Crippen LogP) is 2.85. The van der Waals surface area contributed by atoms with Crippen LogP contribution in [0.4, 0.5) is 0 Å². The molecule has 0 radical (unpaired) electrons. The molecule has 2 aromatic carbocycles. The fourth-order valence-corrected chi connectivity index (χ4v) is 1.69. The molecule has 0 unspecified atom stereocenters. The third-order valence-corrected chi connectivity index (χ3v) is 2.87. The van der Waals surface area contributed by atoms with Crippen molar-refractivity contribution in [1.29, 1.82) is 0 Å². The van der Waals surface area contributed by atoms with Crippen LogP contribution in [0.25, 0.3) is 0 Å². The van der Waals surface area contributed by atoms with Crippen molar-refractivity contribution in [3.05, 3.63) is 65.7 Å². The summed E-state index contributed by atoms with van der Waals surface area (Å²) in [7, 11) is 1.59. The maximum absolute atomic E-state index is 11.9. The zero-order valence-corrected chi connectivity index (χ0v) is 11.5. The number of methoxy groups -OCH3 is 1. The lowest BCUT2D eigenvalue weighted by atomic mass is 10.1. The standard InChI is InChI=1S/C16H16N2O2/c1-12(13-6-4-3-5-7-13)17-18-16(19)14-8-10-15(20-2)11-9-14/h3-11H,1-2H3,(H,18,19)/b17-12-. The number of hydrogen-bond acceptors (Lipinski definition) is 3. The molecule has 0 aliphatic carbocycles. The first-order chi connectivity index (χ1) is 9.70. The summed E-state index contributed by atoms with van der Waals surface area (Å²) in [6, 6.07) is 16.6. The Morgan fingerprint density at radius 2 is 1.65 bits per heavy atom. The molecule has 2 rings (SSSR count). The molecule has 0 atom stereocenters. The first kappa shape index (κ1) is 13.8. The summed E-state index contributed by atoms with van der Waals surface area (Å²) >= 11 is 0. The molecule has 0 aliphatic heterocycles. The molecule has 1 N–H and O–H groups in total. The van der Waals surface area contributed by atoms with Crippen molar-refractivity contribution in [2.45, 2.75) is 6.92 Å². The van der Waals surface area contributed by atoms with Crippen LogP contribution in [-0.4, -0.2) is 18.7 Å². The molecule has 0 aliphatic rings. The molecule has 4 heteroatoms. The average Bonchev–Trinajstić information content (AvgIpc) is 2.53. The Kier molecular flexibility index (Phi) is 4.50. The highest BCUT2D eigenvalue weighted by Gasteiger charge is 2.04. The van der Waals surface area contributed by atoms with Crippen LogP contribution in [0.5, 0.6) is 5.75 Å². The van der Waals surface area contributed by atoms with Gasteiger partial charge in [-0.3, -0.25) is 4.79 Å². The first-order valence-corrected chi connectivity index (χ1v) is 6.25. The summed E-state index contributed by atoms with van der Waals surface area (Å²) in [5, 5.41) is 4.10. The molecule has 102 valence electrons. The van der Waals surface area contributed by atoms with Crippen molar-refractivity contribution < 1.29 is 9.53 Å². The van der Waals surface area contributed by atoms with Gasteiger partial charge in [-0.1, -0.05) is 30.3 Å². The zero-order chi connectivity index (χ0) is 14.4. The minimum absolute atomic E-state index is 0.247. The Bertz CT molecular complexity index is 604. The van der Waals surface area contributed by atoms with E-state index >= 15 is 0 Å². The SMILES string of the molecule is COc1ccc(C(=O)N/N=C(/C)c2ccccc2)cc1. The van der Waals surface area contributed by atoms with Crippen LogP contribution in [0, 0.1) is 0 Å². The Hall–Kier alpha value is -2.62. The number of rotatable bonds is 4. The number of carbonyl (C=O) groups is 1. The third kappa shape index (κ3) is 3.45. The van der Waals surface area contributed by atoms with Gasteiger partial charge in [0.05, 0.1) is 12.8 Å². The first-order valence-electron chi connectivity index (χ1n) is 6.25. The maximum Gasteiger partial charge on any atom is 0.271 e. The van der Waals surface area contributed by atoms with Gasteiger partial charge in [0.15, 0.2) is 0 Å². The minimum atomic E-state index is -0.247. The van der Waals surface area contributed by atoms with Crippen molar-refractivity contribution >= 4 is 11.6 Å². The van der Waals surface area contributed by atoms with E-state index in [2.05, 4.69) is 10.5 Å². The molecule has 0 fully saturated rings. The highest BCUT2D eigenvalue weighted by molar-refractivity contribution is 6.00. The van der Waals surface area contributed by atoms with Crippen molar-refractivity contribution in [1.82, 2.24) is 5.43 Å². The van der Waals surface area contributed by atoms with Crippen LogP contribution >= 0.6 is 0 Å². The summed E-state index contributed by atoms with van der Waals surface area (Å²) in [4.78, 5) is 11.9. The van der Waals surface area contributed by atoms with Gasteiger partial charge < -0.3 is 4.74 Å². The molecular formula is C16H16N2O2. The van der Waals surface area contributed by atoms with Gasteiger partial charge in [0.1, 0.15) is 5.75 Å². The molecule has 0 bridgehead atoms. The van der Waals surface area contributed by atoms with Crippen LogP contribution in [0.15, 0.2) is 59.7 Å². The monoisotopic (exact) mass is 268 g/mol. The molecule has 1 amide bonds. The van der Waals surface area contributed by atoms with Crippen molar-refractivity contribution in [2.24, 2.45) is 5.10 Å². The quantitative estimate of drug-likeness (QED) is 0.684. The summed E-state index contributed by atoms with van der Waals surface area (Å²) in [6.07, 6.45) is 0. The van der Waals surface area contributed by atoms with E-state index in [1.807, 2.05) is 37.3 Å². The normalized spacial score (nSPS) is 11.0. The summed E-state index contributed by atoms with van der Waals surface area (Å²) in [6.45, 7) is 1.85. The summed E-state index contributed by atoms with van der Waals surface area (Å²) in [5.41, 5.74) is 4.81. The molecule has 2 aromatic rings. The fraction of sp³-hybridized carbons (Fsp3) is 0.125. The number of hydrazone groups is 1. The van der Waals surface area contributed by atoms with E-state index in [4.69, 9.17) is 4.74 Å². The van der Waals surface area contributed by atoms with Crippen LogP contribution in [0.1, 0.15) is 22.8 Å². The van der Waals surface area contributed by atoms with Crippen LogP contribution in [0.2, 0.25) is 0 Å². The maximum atomic E-state index is 11.9. The molecule has 20 heavy (non-hydrogen) atoms. The molecule has 0 aromatic heterocycles. The van der Waals surface area contributed by atoms with E-state index in [0.717, 1.165) is 11.3 Å². The minimum Gasteiger partial charge on any atom is -0.497 e. The van der Waals surface area contributed by atoms with Crippen LogP contribution in [0.3, 0.4) is 0 Å². The topological polar surface area (TPSA) is 50.7 Å². The number of ether oxygens (including phenoxy) is 1. The lowest BCUT2D eigenvalue weighted by molar-refractivity contribution is 0.0955. The van der Waals surface area contributed by atoms with E-state index in [1.165, 1.54) is 0 Å². The van der Waals surface area contributed by atoms with Gasteiger partial charge in [0.2, 0.25) is 0 Å². The van der Waals surface area contributed by atoms with Gasteiger partial charge in [0.25, 0.3) is 5.91 Å². The van der Waals surface area contributed by atoms with Gasteiger partial charge >= 0.3 is 0 Å². The Labute approximate surface area is 118 Å². The molecule has 4 nitrogen and oxygen atoms in total. The van der Waals surface area contributed by atoms with E-state index in [-0.39, 0.29) is 5.91 Å². The number of hydrogen-bond donors (Lipinski definition) is 1. The third-order valence-electron chi connectivity index (χ3n) is 2.87. The number of amides is 1. The molecule has 0 heterocycles. The zero-order valence-electron chi connectivity index (χ0n) is 11.5. The highest BCUT2D eigenvalue weighted by atomic mass is 16.5. The number of nitrogens with one attached hydrogen (secondary N) is 1. The molecule has 0 saturated carbocycles. The Morgan fingerprint density at radius 1 is 1.00 bits per heavy atom. The summed E-state index contributed by atoms with van der Waals surface area (Å²) < 4.78 is 5.05. The van der Waals surface area contributed by atoms with Crippen molar-refractivity contribution in [3.8, 4) is 5.75 Å². The predicted molar refractivity (Wildman–Crippen MR) is 79.1 cm³/mol. The van der Waals surface area contributed by atoms with E-state index in [1.54, 1.807) is 31.4 Å². The van der Waals surface area contributed by atoms with Crippen molar-refractivity contribution in [2.75, 3.05) is 7.11 Å². The van der Waals surface area contributed by atoms with E-state index in [9.17, 15) is 4.79 Å². The second-order valence-electron chi connectivity index (χ2n) is 4.23. The van der Waals surface area contributed by atoms with Gasteiger partial charge in [0, 0.05) is 5.56 Å². The molecule has 0 spiro atoms. The van der Waals surface area contributed by atoms with Gasteiger partial charge in [-0.05, 0) is 36.8 Å². The largest absolute Gasteiger partial charge is 0.497 e. The van der Waals surface area contributed by atoms with E-state index in [0.29, 0.717) is 11.3 Å². The molecular weight excluding hydrogens is 252 g/mol. The van der Waals surface area contributed by atoms with Crippen molar-refractivity contribution in [3.63, 3.8) is 0 Å². The Morgan fingerprint density at radius 3 is 2.25 bits per heavy atom. The second kappa shape index (κ2) is 6.52. The lowest BCUT2D eigenvalue weighted by Gasteiger charge is -2.04. The average molecular weight is 268 g/mol. The van der Waals surface area contributed by atoms with Gasteiger partial charge in [-0.2, -0.15) is 5.10 Å². The van der Waals surface area contributed by atoms with Gasteiger partial charge in [-0.15, -0.1) is 0 Å². The second-order valence-corrected chi connectivity index (χ2v) is 4.23. The lowest BCUT2D eigenvalue weighted by Crippen LogP contribution is -2.19. The number of carbonyl (C=O) groups excluding carboxylic acids is 1. The summed E-state index contributed by atoms with van der Waals surface area (Å²) in [5.74, 6) is 0.466. The van der Waals surface area contributed by atoms with Crippen LogP contribution in [-0.2, 0) is 0 Å². The van der Waals surface area contributed by atoms with Crippen LogP contribution < -0.4 is 10.2 Å².